The topological polar surface area (TPSA) is 67.6 Å². The lowest BCUT2D eigenvalue weighted by Gasteiger charge is -2.16. The van der Waals surface area contributed by atoms with Gasteiger partial charge in [0, 0.05) is 26.4 Å². The molecule has 1 aromatic carbocycles. The van der Waals surface area contributed by atoms with Gasteiger partial charge in [0.15, 0.2) is 0 Å². The van der Waals surface area contributed by atoms with Gasteiger partial charge in [0.25, 0.3) is 5.91 Å². The first-order valence-electron chi connectivity index (χ1n) is 7.25. The van der Waals surface area contributed by atoms with Gasteiger partial charge >= 0.3 is 0 Å². The Balaban J connectivity index is 2.12. The van der Waals surface area contributed by atoms with Crippen molar-refractivity contribution < 1.29 is 14.6 Å². The van der Waals surface area contributed by atoms with Crippen molar-refractivity contribution in [1.29, 1.82) is 0 Å². The quantitative estimate of drug-likeness (QED) is 0.833. The molecule has 0 radical (unpaired) electrons. The first kappa shape index (κ1) is 15.9. The van der Waals surface area contributed by atoms with Crippen LogP contribution in [0, 0.1) is 0 Å². The van der Waals surface area contributed by atoms with Gasteiger partial charge in [0.1, 0.15) is 11.5 Å². The first-order valence-corrected chi connectivity index (χ1v) is 7.25. The van der Waals surface area contributed by atoms with Crippen LogP contribution in [0.25, 0.3) is 0 Å². The van der Waals surface area contributed by atoms with Crippen molar-refractivity contribution in [3.05, 3.63) is 36.2 Å². The van der Waals surface area contributed by atoms with E-state index in [1.807, 2.05) is 0 Å². The lowest BCUT2D eigenvalue weighted by Crippen LogP contribution is -2.25. The third kappa shape index (κ3) is 3.58. The number of unbranched alkanes of at least 4 members (excludes halogenated alkanes) is 1. The van der Waals surface area contributed by atoms with Crippen LogP contribution in [-0.4, -0.2) is 34.4 Å². The van der Waals surface area contributed by atoms with Crippen LogP contribution >= 0.6 is 0 Å². The van der Waals surface area contributed by atoms with E-state index in [0.29, 0.717) is 18.0 Å². The molecule has 2 aromatic rings. The second kappa shape index (κ2) is 6.98. The zero-order chi connectivity index (χ0) is 16.1. The van der Waals surface area contributed by atoms with E-state index in [1.165, 1.54) is 11.0 Å². The monoisotopic (exact) mass is 303 g/mol. The predicted octanol–water partition coefficient (Wildman–Crippen LogP) is 2.58. The Labute approximate surface area is 129 Å². The summed E-state index contributed by atoms with van der Waals surface area (Å²) < 4.78 is 7.13. The molecule has 1 N–H and O–H groups in total. The molecule has 1 heterocycles. The highest BCUT2D eigenvalue weighted by Crippen LogP contribution is 2.26. The van der Waals surface area contributed by atoms with Gasteiger partial charge in [-0.3, -0.25) is 9.48 Å². The van der Waals surface area contributed by atoms with Crippen molar-refractivity contribution in [1.82, 2.24) is 9.78 Å². The number of benzene rings is 1. The van der Waals surface area contributed by atoms with Gasteiger partial charge in [-0.15, -0.1) is 0 Å². The van der Waals surface area contributed by atoms with Crippen LogP contribution in [0.1, 0.15) is 30.1 Å². The molecule has 0 bridgehead atoms. The Morgan fingerprint density at radius 1 is 1.45 bits per heavy atom. The smallest absolute Gasteiger partial charge is 0.261 e. The van der Waals surface area contributed by atoms with Crippen molar-refractivity contribution in [2.75, 3.05) is 18.6 Å². The number of nitrogens with zero attached hydrogens (tertiary/aromatic N) is 3. The molecule has 0 fully saturated rings. The number of ether oxygens (including phenoxy) is 1. The number of rotatable bonds is 6. The maximum Gasteiger partial charge on any atom is 0.261 e. The molecule has 0 saturated carbocycles. The van der Waals surface area contributed by atoms with E-state index in [0.717, 1.165) is 12.8 Å². The fraction of sp³-hybridized carbons (Fsp3) is 0.375. The predicted molar refractivity (Wildman–Crippen MR) is 84.5 cm³/mol. The number of hydrogen-bond acceptors (Lipinski definition) is 4. The van der Waals surface area contributed by atoms with E-state index in [9.17, 15) is 9.90 Å². The second-order valence-corrected chi connectivity index (χ2v) is 5.12. The van der Waals surface area contributed by atoms with Gasteiger partial charge < -0.3 is 14.7 Å². The van der Waals surface area contributed by atoms with E-state index in [4.69, 9.17) is 4.74 Å². The van der Waals surface area contributed by atoms with Gasteiger partial charge in [-0.25, -0.2) is 0 Å². The number of aromatic nitrogens is 2. The minimum atomic E-state index is -0.300. The number of carbonyl (C=O) groups excluding carboxylic acids is 1. The largest absolute Gasteiger partial charge is 0.507 e. The highest BCUT2D eigenvalue weighted by molar-refractivity contribution is 6.07. The van der Waals surface area contributed by atoms with E-state index in [1.54, 1.807) is 43.3 Å². The Morgan fingerprint density at radius 2 is 2.23 bits per heavy atom. The number of aromatic hydroxyl groups is 1. The van der Waals surface area contributed by atoms with Gasteiger partial charge in [0.05, 0.1) is 24.1 Å². The molecule has 0 aliphatic heterocycles. The van der Waals surface area contributed by atoms with E-state index >= 15 is 0 Å². The summed E-state index contributed by atoms with van der Waals surface area (Å²) in [5.41, 5.74) is 0.893. The summed E-state index contributed by atoms with van der Waals surface area (Å²) in [4.78, 5) is 13.9. The molecule has 0 aliphatic carbocycles. The number of amides is 1. The van der Waals surface area contributed by atoms with Gasteiger partial charge in [-0.1, -0.05) is 13.3 Å². The molecule has 0 atom stereocenters. The molecule has 0 aliphatic rings. The molecular weight excluding hydrogens is 282 g/mol. The molecule has 6 heteroatoms. The van der Waals surface area contributed by atoms with Crippen molar-refractivity contribution in [2.45, 2.75) is 19.8 Å². The Hall–Kier alpha value is -2.50. The Kier molecular flexibility index (Phi) is 5.04. The van der Waals surface area contributed by atoms with Gasteiger partial charge in [0.2, 0.25) is 0 Å². The van der Waals surface area contributed by atoms with Crippen LogP contribution in [0.3, 0.4) is 0 Å². The maximum absolute atomic E-state index is 12.4. The van der Waals surface area contributed by atoms with Crippen LogP contribution < -0.4 is 9.64 Å². The number of anilines is 1. The molecular formula is C16H21N3O3. The van der Waals surface area contributed by atoms with E-state index in [2.05, 4.69) is 12.0 Å². The van der Waals surface area contributed by atoms with E-state index in [-0.39, 0.29) is 17.2 Å². The minimum Gasteiger partial charge on any atom is -0.507 e. The number of phenolic OH excluding ortho intramolecular Hbond substituents is 1. The average Bonchev–Trinajstić information content (AvgIpc) is 2.93. The fourth-order valence-corrected chi connectivity index (χ4v) is 2.00. The van der Waals surface area contributed by atoms with Gasteiger partial charge in [-0.05, 0) is 18.6 Å². The zero-order valence-corrected chi connectivity index (χ0v) is 13.1. The molecule has 1 aromatic heterocycles. The first-order chi connectivity index (χ1) is 10.5. The molecule has 22 heavy (non-hydrogen) atoms. The highest BCUT2D eigenvalue weighted by atomic mass is 16.5. The molecule has 1 amide bonds. The molecule has 0 spiro atoms. The zero-order valence-electron chi connectivity index (χ0n) is 13.1. The third-order valence-corrected chi connectivity index (χ3v) is 3.35. The van der Waals surface area contributed by atoms with Gasteiger partial charge in [-0.2, -0.15) is 5.10 Å². The SMILES string of the molecule is CCCCOc1ccc(C(=O)N(C)c2cnn(C)c2)c(O)c1. The number of carbonyl (C=O) groups is 1. The summed E-state index contributed by atoms with van der Waals surface area (Å²) in [6, 6.07) is 4.74. The van der Waals surface area contributed by atoms with Crippen LogP contribution in [0.4, 0.5) is 5.69 Å². The molecule has 118 valence electrons. The van der Waals surface area contributed by atoms with Crippen molar-refractivity contribution >= 4 is 11.6 Å². The fourth-order valence-electron chi connectivity index (χ4n) is 2.00. The maximum atomic E-state index is 12.4. The number of phenols is 1. The summed E-state index contributed by atoms with van der Waals surface area (Å²) in [6.45, 7) is 2.68. The Bertz CT molecular complexity index is 652. The molecule has 6 nitrogen and oxygen atoms in total. The summed E-state index contributed by atoms with van der Waals surface area (Å²) in [6.07, 6.45) is 5.32. The Morgan fingerprint density at radius 3 is 2.82 bits per heavy atom. The van der Waals surface area contributed by atoms with Crippen molar-refractivity contribution in [3.63, 3.8) is 0 Å². The summed E-state index contributed by atoms with van der Waals surface area (Å²) >= 11 is 0. The standard InChI is InChI=1S/C16H21N3O3/c1-4-5-8-22-13-6-7-14(15(20)9-13)16(21)19(3)12-10-17-18(2)11-12/h6-7,9-11,20H,4-5,8H2,1-3H3. The average molecular weight is 303 g/mol. The van der Waals surface area contributed by atoms with E-state index < -0.39 is 0 Å². The number of hydrogen-bond donors (Lipinski definition) is 1. The second-order valence-electron chi connectivity index (χ2n) is 5.12. The molecule has 0 unspecified atom stereocenters. The third-order valence-electron chi connectivity index (χ3n) is 3.35. The minimum absolute atomic E-state index is 0.0882. The van der Waals surface area contributed by atoms with Crippen LogP contribution in [0.5, 0.6) is 11.5 Å². The molecule has 0 saturated heterocycles. The number of aryl methyl sites for hydroxylation is 1. The van der Waals surface area contributed by atoms with Crippen LogP contribution in [0.15, 0.2) is 30.6 Å². The highest BCUT2D eigenvalue weighted by Gasteiger charge is 2.18. The van der Waals surface area contributed by atoms with Crippen molar-refractivity contribution in [2.24, 2.45) is 7.05 Å². The summed E-state index contributed by atoms with van der Waals surface area (Å²) in [5.74, 6) is 0.173. The van der Waals surface area contributed by atoms with Crippen LogP contribution in [-0.2, 0) is 7.05 Å². The van der Waals surface area contributed by atoms with Crippen LogP contribution in [0.2, 0.25) is 0 Å². The lowest BCUT2D eigenvalue weighted by atomic mass is 10.1. The summed E-state index contributed by atoms with van der Waals surface area (Å²) in [5, 5.41) is 14.1. The molecule has 2 rings (SSSR count). The summed E-state index contributed by atoms with van der Waals surface area (Å²) in [7, 11) is 3.42. The normalized spacial score (nSPS) is 10.5. The van der Waals surface area contributed by atoms with Crippen molar-refractivity contribution in [3.8, 4) is 11.5 Å². The lowest BCUT2D eigenvalue weighted by molar-refractivity contribution is 0.0990.